The van der Waals surface area contributed by atoms with Crippen LogP contribution in [0.4, 0.5) is 5.69 Å². The summed E-state index contributed by atoms with van der Waals surface area (Å²) >= 11 is 5.82. The summed E-state index contributed by atoms with van der Waals surface area (Å²) in [4.78, 5) is 35.3. The van der Waals surface area contributed by atoms with Crippen LogP contribution in [0.2, 0.25) is 5.02 Å². The first-order valence-corrected chi connectivity index (χ1v) is 5.72. The number of carboxylic acids is 1. The largest absolute Gasteiger partial charge is 0.478 e. The Morgan fingerprint density at radius 2 is 2.06 bits per heavy atom. The number of hydrogen-bond acceptors (Lipinski definition) is 3. The van der Waals surface area contributed by atoms with E-state index in [1.165, 1.54) is 23.1 Å². The molecule has 0 aromatic heterocycles. The van der Waals surface area contributed by atoms with E-state index < -0.39 is 11.9 Å². The normalized spacial score (nSPS) is 15.9. The molecule has 0 unspecified atom stereocenters. The molecule has 1 heterocycles. The number of piperidine rings is 1. The molecular weight excluding hydrogens is 258 g/mol. The summed E-state index contributed by atoms with van der Waals surface area (Å²) in [6.45, 7) is 0.193. The van der Waals surface area contributed by atoms with Crippen LogP contribution in [0.1, 0.15) is 23.2 Å². The molecule has 0 bridgehead atoms. The van der Waals surface area contributed by atoms with Crippen molar-refractivity contribution in [1.29, 1.82) is 0 Å². The zero-order valence-electron chi connectivity index (χ0n) is 9.35. The van der Waals surface area contributed by atoms with Gasteiger partial charge < -0.3 is 10.0 Å². The summed E-state index contributed by atoms with van der Waals surface area (Å²) in [5.74, 6) is -1.66. The van der Waals surface area contributed by atoms with Gasteiger partial charge in [-0.2, -0.15) is 0 Å². The third-order valence-corrected chi connectivity index (χ3v) is 2.98. The van der Waals surface area contributed by atoms with Gasteiger partial charge in [-0.1, -0.05) is 11.6 Å². The summed E-state index contributed by atoms with van der Waals surface area (Å²) in [6.07, 6.45) is 0.0445. The van der Waals surface area contributed by atoms with E-state index in [1.807, 2.05) is 0 Å². The Bertz CT molecular complexity index is 541. The van der Waals surface area contributed by atoms with Crippen LogP contribution >= 0.6 is 11.6 Å². The van der Waals surface area contributed by atoms with Crippen molar-refractivity contribution in [3.05, 3.63) is 28.8 Å². The lowest BCUT2D eigenvalue weighted by molar-refractivity contribution is -0.128. The smallest absolute Gasteiger partial charge is 0.337 e. The molecule has 2 rings (SSSR count). The fourth-order valence-electron chi connectivity index (χ4n) is 1.88. The number of Topliss-reactive ketones (excluding diaryl/α,β-unsaturated/α-hetero) is 1. The summed E-state index contributed by atoms with van der Waals surface area (Å²) < 4.78 is 0. The van der Waals surface area contributed by atoms with Gasteiger partial charge in [0.15, 0.2) is 0 Å². The molecule has 1 aliphatic rings. The van der Waals surface area contributed by atoms with Gasteiger partial charge in [0.05, 0.1) is 17.7 Å². The van der Waals surface area contributed by atoms with Crippen LogP contribution < -0.4 is 4.90 Å². The molecular formula is C12H10ClNO4. The van der Waals surface area contributed by atoms with Crippen molar-refractivity contribution in [2.45, 2.75) is 12.8 Å². The first-order chi connectivity index (χ1) is 8.49. The van der Waals surface area contributed by atoms with Crippen molar-refractivity contribution < 1.29 is 19.5 Å². The molecule has 1 fully saturated rings. The molecule has 1 aromatic rings. The average Bonchev–Trinajstić information content (AvgIpc) is 2.28. The zero-order chi connectivity index (χ0) is 13.3. The number of carbonyl (C=O) groups excluding carboxylic acids is 2. The number of amides is 1. The van der Waals surface area contributed by atoms with E-state index in [-0.39, 0.29) is 36.4 Å². The molecule has 18 heavy (non-hydrogen) atoms. The van der Waals surface area contributed by atoms with Gasteiger partial charge in [0.2, 0.25) is 5.91 Å². The van der Waals surface area contributed by atoms with E-state index >= 15 is 0 Å². The average molecular weight is 268 g/mol. The minimum Gasteiger partial charge on any atom is -0.478 e. The van der Waals surface area contributed by atoms with E-state index in [9.17, 15) is 14.4 Å². The first-order valence-electron chi connectivity index (χ1n) is 5.34. The van der Waals surface area contributed by atoms with Gasteiger partial charge in [0.25, 0.3) is 0 Å². The standard InChI is InChI=1S/C12H10ClNO4/c13-7-1-2-9(12(17)18)10(5-7)14-4-3-8(15)6-11(14)16/h1-2,5H,3-4,6H2,(H,17,18). The number of nitrogens with zero attached hydrogens (tertiary/aromatic N) is 1. The molecule has 0 atom stereocenters. The highest BCUT2D eigenvalue weighted by Gasteiger charge is 2.27. The van der Waals surface area contributed by atoms with Crippen molar-refractivity contribution in [3.63, 3.8) is 0 Å². The maximum Gasteiger partial charge on any atom is 0.337 e. The van der Waals surface area contributed by atoms with Crippen molar-refractivity contribution in [1.82, 2.24) is 0 Å². The van der Waals surface area contributed by atoms with Gasteiger partial charge in [0, 0.05) is 18.0 Å². The zero-order valence-corrected chi connectivity index (χ0v) is 10.1. The van der Waals surface area contributed by atoms with E-state index in [2.05, 4.69) is 0 Å². The number of carbonyl (C=O) groups is 3. The van der Waals surface area contributed by atoms with Crippen LogP contribution in [0, 0.1) is 0 Å². The van der Waals surface area contributed by atoms with Crippen molar-refractivity contribution in [2.75, 3.05) is 11.4 Å². The fourth-order valence-corrected chi connectivity index (χ4v) is 2.04. The molecule has 1 N–H and O–H groups in total. The summed E-state index contributed by atoms with van der Waals surface area (Å²) in [5.41, 5.74) is 0.245. The van der Waals surface area contributed by atoms with Gasteiger partial charge >= 0.3 is 5.97 Å². The SMILES string of the molecule is O=C1CCN(c2cc(Cl)ccc2C(=O)O)C(=O)C1. The maximum absolute atomic E-state index is 11.8. The van der Waals surface area contributed by atoms with Crippen molar-refractivity contribution >= 4 is 34.9 Å². The van der Waals surface area contributed by atoms with Crippen LogP contribution in [0.25, 0.3) is 0 Å². The van der Waals surface area contributed by atoms with Crippen molar-refractivity contribution in [3.8, 4) is 0 Å². The van der Waals surface area contributed by atoms with E-state index in [0.29, 0.717) is 5.02 Å². The Labute approximate surface area is 108 Å². The Balaban J connectivity index is 2.43. The molecule has 5 nitrogen and oxygen atoms in total. The number of halogens is 1. The second kappa shape index (κ2) is 4.78. The Morgan fingerprint density at radius 1 is 1.33 bits per heavy atom. The number of hydrogen-bond donors (Lipinski definition) is 1. The maximum atomic E-state index is 11.8. The lowest BCUT2D eigenvalue weighted by Gasteiger charge is -2.27. The fraction of sp³-hybridized carbons (Fsp3) is 0.250. The quantitative estimate of drug-likeness (QED) is 0.828. The third kappa shape index (κ3) is 2.36. The number of aromatic carboxylic acids is 1. The highest BCUT2D eigenvalue weighted by molar-refractivity contribution is 6.31. The van der Waals surface area contributed by atoms with E-state index in [0.717, 1.165) is 0 Å². The number of anilines is 1. The lowest BCUT2D eigenvalue weighted by atomic mass is 10.1. The van der Waals surface area contributed by atoms with Gasteiger partial charge in [-0.3, -0.25) is 9.59 Å². The van der Waals surface area contributed by atoms with Gasteiger partial charge in [0.1, 0.15) is 5.78 Å². The molecule has 94 valence electrons. The second-order valence-electron chi connectivity index (χ2n) is 3.98. The molecule has 0 radical (unpaired) electrons. The van der Waals surface area contributed by atoms with Crippen LogP contribution in [0.15, 0.2) is 18.2 Å². The molecule has 0 aliphatic carbocycles. The molecule has 1 aromatic carbocycles. The van der Waals surface area contributed by atoms with Gasteiger partial charge in [-0.15, -0.1) is 0 Å². The Kier molecular flexibility index (Phi) is 3.34. The predicted molar refractivity (Wildman–Crippen MR) is 65.0 cm³/mol. The number of ketones is 1. The third-order valence-electron chi connectivity index (χ3n) is 2.74. The molecule has 0 saturated carbocycles. The summed E-state index contributed by atoms with van der Waals surface area (Å²) in [6, 6.07) is 4.23. The first kappa shape index (κ1) is 12.6. The van der Waals surface area contributed by atoms with Gasteiger partial charge in [-0.25, -0.2) is 4.79 Å². The van der Waals surface area contributed by atoms with Crippen molar-refractivity contribution in [2.24, 2.45) is 0 Å². The second-order valence-corrected chi connectivity index (χ2v) is 4.41. The monoisotopic (exact) mass is 267 g/mol. The molecule has 6 heteroatoms. The molecule has 1 saturated heterocycles. The highest BCUT2D eigenvalue weighted by atomic mass is 35.5. The minimum absolute atomic E-state index is 0.00194. The Hall–Kier alpha value is -1.88. The number of benzene rings is 1. The summed E-state index contributed by atoms with van der Waals surface area (Å²) in [5, 5.41) is 9.42. The van der Waals surface area contributed by atoms with E-state index in [4.69, 9.17) is 16.7 Å². The molecule has 1 aliphatic heterocycles. The topological polar surface area (TPSA) is 74.7 Å². The van der Waals surface area contributed by atoms with Gasteiger partial charge in [-0.05, 0) is 18.2 Å². The number of rotatable bonds is 2. The number of carboxylic acid groups (broad SMARTS) is 1. The Morgan fingerprint density at radius 3 is 2.67 bits per heavy atom. The molecule has 0 spiro atoms. The predicted octanol–water partition coefficient (Wildman–Crippen LogP) is 1.73. The van der Waals surface area contributed by atoms with E-state index in [1.54, 1.807) is 0 Å². The van der Waals surface area contributed by atoms with Crippen LogP contribution in [-0.4, -0.2) is 29.3 Å². The minimum atomic E-state index is -1.13. The van der Waals surface area contributed by atoms with Crippen LogP contribution in [0.5, 0.6) is 0 Å². The van der Waals surface area contributed by atoms with Crippen LogP contribution in [0.3, 0.4) is 0 Å². The molecule has 1 amide bonds. The lowest BCUT2D eigenvalue weighted by Crippen LogP contribution is -2.39. The summed E-state index contributed by atoms with van der Waals surface area (Å²) in [7, 11) is 0. The van der Waals surface area contributed by atoms with Crippen LogP contribution in [-0.2, 0) is 9.59 Å². The highest BCUT2D eigenvalue weighted by Crippen LogP contribution is 2.27.